The van der Waals surface area contributed by atoms with Crippen molar-refractivity contribution in [3.8, 4) is 5.75 Å². The summed E-state index contributed by atoms with van der Waals surface area (Å²) < 4.78 is 6.29. The lowest BCUT2D eigenvalue weighted by Crippen LogP contribution is -2.43. The molecule has 2 fully saturated rings. The zero-order valence-corrected chi connectivity index (χ0v) is 15.7. The van der Waals surface area contributed by atoms with Crippen LogP contribution in [0.1, 0.15) is 64.4 Å². The van der Waals surface area contributed by atoms with Gasteiger partial charge in [-0.2, -0.15) is 0 Å². The van der Waals surface area contributed by atoms with E-state index in [-0.39, 0.29) is 0 Å². The first kappa shape index (κ1) is 17.8. The summed E-state index contributed by atoms with van der Waals surface area (Å²) in [5.74, 6) is 2.82. The second-order valence-corrected chi connectivity index (χ2v) is 8.22. The molecule has 134 valence electrons. The van der Waals surface area contributed by atoms with E-state index >= 15 is 0 Å². The van der Waals surface area contributed by atoms with E-state index < -0.39 is 0 Å². The van der Waals surface area contributed by atoms with E-state index in [1.54, 1.807) is 0 Å². The molecule has 1 saturated heterocycles. The predicted molar refractivity (Wildman–Crippen MR) is 102 cm³/mol. The van der Waals surface area contributed by atoms with Crippen molar-refractivity contribution >= 4 is 0 Å². The fraction of sp³-hybridized carbons (Fsp3) is 0.727. The van der Waals surface area contributed by atoms with Crippen LogP contribution in [-0.4, -0.2) is 30.6 Å². The molecule has 24 heavy (non-hydrogen) atoms. The van der Waals surface area contributed by atoms with Crippen LogP contribution in [0, 0.1) is 11.8 Å². The lowest BCUT2D eigenvalue weighted by atomic mass is 9.85. The summed E-state index contributed by atoms with van der Waals surface area (Å²) in [4.78, 5) is 2.61. The lowest BCUT2D eigenvalue weighted by Gasteiger charge is -2.35. The van der Waals surface area contributed by atoms with Gasteiger partial charge in [0.05, 0.1) is 0 Å². The monoisotopic (exact) mass is 329 g/mol. The van der Waals surface area contributed by atoms with Crippen LogP contribution in [0.25, 0.3) is 0 Å². The van der Waals surface area contributed by atoms with Gasteiger partial charge < -0.3 is 4.74 Å². The highest BCUT2D eigenvalue weighted by Gasteiger charge is 2.22. The van der Waals surface area contributed by atoms with Gasteiger partial charge in [-0.1, -0.05) is 57.2 Å². The van der Waals surface area contributed by atoms with Gasteiger partial charge in [0.25, 0.3) is 0 Å². The molecule has 2 atom stereocenters. The molecule has 1 saturated carbocycles. The first-order valence-electron chi connectivity index (χ1n) is 10.2. The van der Waals surface area contributed by atoms with Crippen LogP contribution in [-0.2, 0) is 6.42 Å². The zero-order valence-electron chi connectivity index (χ0n) is 15.7. The van der Waals surface area contributed by atoms with Gasteiger partial charge in [-0.25, -0.2) is 0 Å². The van der Waals surface area contributed by atoms with Crippen LogP contribution in [0.2, 0.25) is 0 Å². The highest BCUT2D eigenvalue weighted by Crippen LogP contribution is 2.30. The van der Waals surface area contributed by atoms with Crippen molar-refractivity contribution in [3.05, 3.63) is 29.8 Å². The molecular formula is C22H35NO. The van der Waals surface area contributed by atoms with Gasteiger partial charge in [0.1, 0.15) is 12.4 Å². The average Bonchev–Trinajstić information content (AvgIpc) is 2.61. The van der Waals surface area contributed by atoms with E-state index in [4.69, 9.17) is 4.74 Å². The third-order valence-electron chi connectivity index (χ3n) is 6.00. The fourth-order valence-corrected chi connectivity index (χ4v) is 4.46. The Bertz CT molecular complexity index is 494. The summed E-state index contributed by atoms with van der Waals surface area (Å²) in [6.07, 6.45) is 11.0. The molecule has 2 nitrogen and oxygen atoms in total. The molecule has 1 aliphatic heterocycles. The summed E-state index contributed by atoms with van der Waals surface area (Å²) in [7, 11) is 0. The molecule has 1 aromatic rings. The smallest absolute Gasteiger partial charge is 0.122 e. The Kier molecular flexibility index (Phi) is 6.59. The zero-order chi connectivity index (χ0) is 16.8. The molecule has 0 spiro atoms. The Balaban J connectivity index is 1.54. The standard InChI is InChI=1S/C22H35NO/c1-18-9-8-14-23(16-18)19(2)17-24-22-13-7-6-12-21(22)15-20-10-4-3-5-11-20/h6-7,12-13,18-20H,3-5,8-11,14-17H2,1-2H3/t18?,19-/m1/s1. The number of rotatable bonds is 6. The molecule has 0 N–H and O–H groups in total. The van der Waals surface area contributed by atoms with Crippen molar-refractivity contribution in [2.75, 3.05) is 19.7 Å². The maximum absolute atomic E-state index is 6.29. The van der Waals surface area contributed by atoms with E-state index in [1.807, 2.05) is 0 Å². The number of likely N-dealkylation sites (tertiary alicyclic amines) is 1. The van der Waals surface area contributed by atoms with Gasteiger partial charge in [0, 0.05) is 12.6 Å². The van der Waals surface area contributed by atoms with Crippen LogP contribution in [0.4, 0.5) is 0 Å². The number of nitrogens with zero attached hydrogens (tertiary/aromatic N) is 1. The van der Waals surface area contributed by atoms with Gasteiger partial charge in [-0.3, -0.25) is 4.90 Å². The quantitative estimate of drug-likeness (QED) is 0.701. The molecule has 3 rings (SSSR count). The van der Waals surface area contributed by atoms with E-state index in [1.165, 1.54) is 70.0 Å². The maximum atomic E-state index is 6.29. The summed E-state index contributed by atoms with van der Waals surface area (Å²) in [6.45, 7) is 7.97. The van der Waals surface area contributed by atoms with Crippen LogP contribution >= 0.6 is 0 Å². The Morgan fingerprint density at radius 2 is 1.88 bits per heavy atom. The molecule has 1 heterocycles. The van der Waals surface area contributed by atoms with E-state index in [0.717, 1.165) is 24.2 Å². The first-order chi connectivity index (χ1) is 11.7. The van der Waals surface area contributed by atoms with Crippen LogP contribution in [0.3, 0.4) is 0 Å². The topological polar surface area (TPSA) is 12.5 Å². The molecule has 0 aromatic heterocycles. The minimum atomic E-state index is 0.510. The molecule has 0 amide bonds. The summed E-state index contributed by atoms with van der Waals surface area (Å²) >= 11 is 0. The van der Waals surface area contributed by atoms with Crippen LogP contribution in [0.5, 0.6) is 5.75 Å². The largest absolute Gasteiger partial charge is 0.492 e. The second kappa shape index (κ2) is 8.89. The predicted octanol–water partition coefficient (Wildman–Crippen LogP) is 5.31. The normalized spacial score (nSPS) is 24.7. The minimum Gasteiger partial charge on any atom is -0.492 e. The molecule has 1 aliphatic carbocycles. The number of para-hydroxylation sites is 1. The Hall–Kier alpha value is -1.02. The maximum Gasteiger partial charge on any atom is 0.122 e. The van der Waals surface area contributed by atoms with Gasteiger partial charge in [-0.15, -0.1) is 0 Å². The summed E-state index contributed by atoms with van der Waals surface area (Å²) in [6, 6.07) is 9.24. The van der Waals surface area contributed by atoms with Crippen LogP contribution < -0.4 is 4.74 Å². The minimum absolute atomic E-state index is 0.510. The van der Waals surface area contributed by atoms with Gasteiger partial charge in [-0.05, 0) is 56.2 Å². The van der Waals surface area contributed by atoms with Crippen molar-refractivity contribution in [2.45, 2.75) is 71.3 Å². The van der Waals surface area contributed by atoms with Crippen LogP contribution in [0.15, 0.2) is 24.3 Å². The Morgan fingerprint density at radius 3 is 2.67 bits per heavy atom. The van der Waals surface area contributed by atoms with Crippen molar-refractivity contribution < 1.29 is 4.74 Å². The van der Waals surface area contributed by atoms with Gasteiger partial charge >= 0.3 is 0 Å². The molecule has 2 aliphatic rings. The molecule has 0 radical (unpaired) electrons. The van der Waals surface area contributed by atoms with Crippen molar-refractivity contribution in [1.82, 2.24) is 4.90 Å². The third kappa shape index (κ3) is 4.99. The molecule has 2 heteroatoms. The number of benzene rings is 1. The number of ether oxygens (including phenoxy) is 1. The first-order valence-corrected chi connectivity index (χ1v) is 10.2. The van der Waals surface area contributed by atoms with E-state index in [0.29, 0.717) is 6.04 Å². The summed E-state index contributed by atoms with van der Waals surface area (Å²) in [5.41, 5.74) is 1.42. The SMILES string of the molecule is CC1CCCN([C@H](C)COc2ccccc2CC2CCCCC2)C1. The number of hydrogen-bond donors (Lipinski definition) is 0. The second-order valence-electron chi connectivity index (χ2n) is 8.22. The Morgan fingerprint density at radius 1 is 1.08 bits per heavy atom. The molecular weight excluding hydrogens is 294 g/mol. The van der Waals surface area contributed by atoms with Crippen molar-refractivity contribution in [3.63, 3.8) is 0 Å². The van der Waals surface area contributed by atoms with E-state index in [9.17, 15) is 0 Å². The van der Waals surface area contributed by atoms with E-state index in [2.05, 4.69) is 43.0 Å². The van der Waals surface area contributed by atoms with Crippen molar-refractivity contribution in [1.29, 1.82) is 0 Å². The third-order valence-corrected chi connectivity index (χ3v) is 6.00. The lowest BCUT2D eigenvalue weighted by molar-refractivity contribution is 0.101. The summed E-state index contributed by atoms with van der Waals surface area (Å²) in [5, 5.41) is 0. The highest BCUT2D eigenvalue weighted by molar-refractivity contribution is 5.33. The van der Waals surface area contributed by atoms with Crippen molar-refractivity contribution in [2.24, 2.45) is 11.8 Å². The van der Waals surface area contributed by atoms with Gasteiger partial charge in [0.2, 0.25) is 0 Å². The Labute approximate surface area is 148 Å². The molecule has 0 bridgehead atoms. The van der Waals surface area contributed by atoms with Gasteiger partial charge in [0.15, 0.2) is 0 Å². The molecule has 1 unspecified atom stereocenters. The average molecular weight is 330 g/mol. The molecule has 1 aromatic carbocycles. The fourth-order valence-electron chi connectivity index (χ4n) is 4.46. The number of hydrogen-bond acceptors (Lipinski definition) is 2. The number of piperidine rings is 1. The highest BCUT2D eigenvalue weighted by atomic mass is 16.5.